The summed E-state index contributed by atoms with van der Waals surface area (Å²) < 4.78 is 13.1. The van der Waals surface area contributed by atoms with E-state index in [0.717, 1.165) is 16.7 Å². The van der Waals surface area contributed by atoms with Crippen LogP contribution in [0.2, 0.25) is 0 Å². The van der Waals surface area contributed by atoms with Crippen LogP contribution in [0.15, 0.2) is 79.0 Å². The van der Waals surface area contributed by atoms with Gasteiger partial charge in [-0.15, -0.1) is 0 Å². The van der Waals surface area contributed by atoms with Crippen LogP contribution in [0.4, 0.5) is 10.5 Å². The topological polar surface area (TPSA) is 162 Å². The molecule has 3 heterocycles. The standard InChI is InChI=1S/C39H43N7O6/c1-25-10-15-34(47)31(20-25)36-32(23-45(43-36)17-7-16-40)28-11-13-30(14-12-28)41-37(48)33-24-51-19-18-46(33)38(49)35(29-8-5-4-6-9-29)42-39(50)44-21-26(2)52-27(3)22-44/h4-6,8-15,20,23,26-27,33,35,47H,7,17-19,21-22,24H2,1-3H3,(H,41,48)(H,42,50)/t26-,27+,33-,35+/m0/s1. The molecule has 4 atom stereocenters. The zero-order chi connectivity index (χ0) is 36.8. The Morgan fingerprint density at radius 3 is 2.46 bits per heavy atom. The number of nitriles is 1. The number of ether oxygens (including phenoxy) is 2. The van der Waals surface area contributed by atoms with Crippen molar-refractivity contribution in [3.8, 4) is 34.2 Å². The molecule has 4 amide bonds. The lowest BCUT2D eigenvalue weighted by atomic mass is 9.99. The number of nitrogens with zero attached hydrogens (tertiary/aromatic N) is 5. The molecular weight excluding hydrogens is 662 g/mol. The van der Waals surface area contributed by atoms with Crippen LogP contribution in [-0.2, 0) is 25.6 Å². The molecule has 270 valence electrons. The van der Waals surface area contributed by atoms with E-state index < -0.39 is 23.9 Å². The number of amides is 4. The summed E-state index contributed by atoms with van der Waals surface area (Å²) in [6.45, 7) is 7.34. The Morgan fingerprint density at radius 1 is 1.02 bits per heavy atom. The van der Waals surface area contributed by atoms with E-state index in [0.29, 0.717) is 42.1 Å². The normalized spacial score (nSPS) is 19.4. The van der Waals surface area contributed by atoms with E-state index in [1.807, 2.05) is 57.3 Å². The zero-order valence-corrected chi connectivity index (χ0v) is 29.5. The predicted octanol–water partition coefficient (Wildman–Crippen LogP) is 4.87. The van der Waals surface area contributed by atoms with Crippen LogP contribution in [0, 0.1) is 18.3 Å². The fourth-order valence-corrected chi connectivity index (χ4v) is 6.65. The van der Waals surface area contributed by atoms with Crippen molar-refractivity contribution in [1.29, 1.82) is 5.26 Å². The first-order valence-corrected chi connectivity index (χ1v) is 17.4. The number of urea groups is 1. The second kappa shape index (κ2) is 16.1. The first-order valence-electron chi connectivity index (χ1n) is 17.4. The van der Waals surface area contributed by atoms with Gasteiger partial charge in [0.15, 0.2) is 0 Å². The number of aryl methyl sites for hydroxylation is 2. The van der Waals surface area contributed by atoms with Crippen LogP contribution in [0.1, 0.15) is 37.4 Å². The lowest BCUT2D eigenvalue weighted by molar-refractivity contribution is -0.148. The second-order valence-electron chi connectivity index (χ2n) is 13.2. The van der Waals surface area contributed by atoms with Crippen LogP contribution >= 0.6 is 0 Å². The number of carbonyl (C=O) groups is 3. The maximum Gasteiger partial charge on any atom is 0.318 e. The van der Waals surface area contributed by atoms with Crippen molar-refractivity contribution < 1.29 is 29.0 Å². The number of phenolic OH excluding ortho intramolecular Hbond substituents is 1. The number of anilines is 1. The molecule has 0 unspecified atom stereocenters. The van der Waals surface area contributed by atoms with Gasteiger partial charge >= 0.3 is 6.03 Å². The first-order chi connectivity index (χ1) is 25.1. The quantitative estimate of drug-likeness (QED) is 0.222. The highest BCUT2D eigenvalue weighted by atomic mass is 16.5. The number of benzene rings is 3. The van der Waals surface area contributed by atoms with Gasteiger partial charge in [-0.1, -0.05) is 54.1 Å². The number of nitrogens with one attached hydrogen (secondary N) is 2. The van der Waals surface area contributed by atoms with Gasteiger partial charge in [-0.25, -0.2) is 4.79 Å². The molecule has 2 aliphatic heterocycles. The van der Waals surface area contributed by atoms with Gasteiger partial charge in [0, 0.05) is 42.6 Å². The van der Waals surface area contributed by atoms with E-state index in [1.165, 1.54) is 4.90 Å². The smallest absolute Gasteiger partial charge is 0.318 e. The van der Waals surface area contributed by atoms with Crippen LogP contribution in [0.3, 0.4) is 0 Å². The molecule has 3 aromatic carbocycles. The summed E-state index contributed by atoms with van der Waals surface area (Å²) in [5.41, 5.74) is 4.76. The van der Waals surface area contributed by atoms with Gasteiger partial charge in [0.25, 0.3) is 5.91 Å². The van der Waals surface area contributed by atoms with Gasteiger partial charge in [0.1, 0.15) is 23.5 Å². The van der Waals surface area contributed by atoms with Crippen molar-refractivity contribution in [2.75, 3.05) is 38.2 Å². The molecule has 6 rings (SSSR count). The van der Waals surface area contributed by atoms with Crippen molar-refractivity contribution >= 4 is 23.5 Å². The highest BCUT2D eigenvalue weighted by Gasteiger charge is 2.38. The second-order valence-corrected chi connectivity index (χ2v) is 13.2. The predicted molar refractivity (Wildman–Crippen MR) is 194 cm³/mol. The number of aromatic hydroxyl groups is 1. The van der Waals surface area contributed by atoms with Crippen LogP contribution in [0.5, 0.6) is 5.75 Å². The molecule has 0 bridgehead atoms. The fourth-order valence-electron chi connectivity index (χ4n) is 6.65. The molecule has 4 aromatic rings. The Hall–Kier alpha value is -5.71. The number of rotatable bonds is 9. The largest absolute Gasteiger partial charge is 0.507 e. The van der Waals surface area contributed by atoms with Gasteiger partial charge in [-0.05, 0) is 56.2 Å². The number of hydrogen-bond acceptors (Lipinski definition) is 8. The fraction of sp³-hybridized carbons (Fsp3) is 0.359. The monoisotopic (exact) mass is 705 g/mol. The summed E-state index contributed by atoms with van der Waals surface area (Å²) >= 11 is 0. The molecule has 1 aromatic heterocycles. The van der Waals surface area contributed by atoms with Crippen molar-refractivity contribution in [2.24, 2.45) is 0 Å². The summed E-state index contributed by atoms with van der Waals surface area (Å²) in [7, 11) is 0. The molecule has 0 radical (unpaired) electrons. The SMILES string of the molecule is Cc1ccc(O)c(-c2nn(CCC#N)cc2-c2ccc(NC(=O)[C@@H]3COCCN3C(=O)[C@H](NC(=O)N3C[C@@H](C)O[C@@H](C)C3)c3ccccc3)cc2)c1. The zero-order valence-electron chi connectivity index (χ0n) is 29.5. The Balaban J connectivity index is 1.20. The molecule has 0 spiro atoms. The molecule has 2 saturated heterocycles. The Labute approximate surface area is 302 Å². The molecule has 0 aliphatic carbocycles. The van der Waals surface area contributed by atoms with Gasteiger partial charge in [-0.3, -0.25) is 14.3 Å². The average molecular weight is 706 g/mol. The summed E-state index contributed by atoms with van der Waals surface area (Å²) in [5.74, 6) is -0.744. The van der Waals surface area contributed by atoms with E-state index in [2.05, 4.69) is 16.7 Å². The molecule has 13 nitrogen and oxygen atoms in total. The molecule has 2 aliphatic rings. The van der Waals surface area contributed by atoms with E-state index in [9.17, 15) is 19.5 Å². The molecule has 0 saturated carbocycles. The summed E-state index contributed by atoms with van der Waals surface area (Å²) in [6, 6.07) is 21.3. The number of phenols is 1. The number of aromatic nitrogens is 2. The summed E-state index contributed by atoms with van der Waals surface area (Å²) in [5, 5.41) is 30.4. The molecular formula is C39H43N7O6. The van der Waals surface area contributed by atoms with Crippen molar-refractivity contribution in [3.05, 3.63) is 90.1 Å². The maximum absolute atomic E-state index is 14.3. The maximum atomic E-state index is 14.3. The summed E-state index contributed by atoms with van der Waals surface area (Å²) in [4.78, 5) is 44.7. The number of carbonyl (C=O) groups excluding carboxylic acids is 3. The Morgan fingerprint density at radius 2 is 1.75 bits per heavy atom. The molecule has 52 heavy (non-hydrogen) atoms. The van der Waals surface area contributed by atoms with Gasteiger partial charge < -0.3 is 35.0 Å². The number of morpholine rings is 2. The van der Waals surface area contributed by atoms with E-state index >= 15 is 0 Å². The van der Waals surface area contributed by atoms with Gasteiger partial charge in [0.2, 0.25) is 5.91 Å². The highest BCUT2D eigenvalue weighted by Crippen LogP contribution is 2.37. The van der Waals surface area contributed by atoms with Crippen LogP contribution in [-0.4, -0.2) is 93.6 Å². The van der Waals surface area contributed by atoms with Crippen molar-refractivity contribution in [3.63, 3.8) is 0 Å². The first kappa shape index (κ1) is 36.1. The third-order valence-corrected chi connectivity index (χ3v) is 9.15. The molecule has 2 fully saturated rings. The number of hydrogen-bond donors (Lipinski definition) is 3. The van der Waals surface area contributed by atoms with Gasteiger partial charge in [0.05, 0.1) is 44.5 Å². The minimum absolute atomic E-state index is 0.00513. The third-order valence-electron chi connectivity index (χ3n) is 9.15. The van der Waals surface area contributed by atoms with E-state index in [-0.39, 0.29) is 50.2 Å². The van der Waals surface area contributed by atoms with Crippen molar-refractivity contribution in [1.82, 2.24) is 24.9 Å². The van der Waals surface area contributed by atoms with Gasteiger partial charge in [-0.2, -0.15) is 10.4 Å². The Kier molecular flexibility index (Phi) is 11.2. The summed E-state index contributed by atoms with van der Waals surface area (Å²) in [6.07, 6.45) is 1.84. The lowest BCUT2D eigenvalue weighted by Gasteiger charge is -2.38. The van der Waals surface area contributed by atoms with E-state index in [4.69, 9.17) is 19.8 Å². The third kappa shape index (κ3) is 8.25. The molecule has 13 heteroatoms. The average Bonchev–Trinajstić information content (AvgIpc) is 3.57. The van der Waals surface area contributed by atoms with Crippen molar-refractivity contribution in [2.45, 2.75) is 58.0 Å². The van der Waals surface area contributed by atoms with E-state index in [1.54, 1.807) is 52.0 Å². The molecule has 3 N–H and O–H groups in total. The minimum Gasteiger partial charge on any atom is -0.507 e. The Bertz CT molecular complexity index is 1930. The highest BCUT2D eigenvalue weighted by molar-refractivity contribution is 5.99. The lowest BCUT2D eigenvalue weighted by Crippen LogP contribution is -2.58. The van der Waals surface area contributed by atoms with Crippen LogP contribution in [0.25, 0.3) is 22.4 Å². The minimum atomic E-state index is -1.02. The van der Waals surface area contributed by atoms with Crippen LogP contribution < -0.4 is 10.6 Å².